The van der Waals surface area contributed by atoms with Crippen LogP contribution < -0.4 is 10.6 Å². The number of nitrogens with one attached hydrogen (secondary N) is 2. The maximum Gasteiger partial charge on any atom is 0.319 e. The SMILES string of the molecule is CC(C)NC(=O)Nc1ccc(C(=O)N2CCN(Cc3csc(-c4ccccc4)n3)CC2)cc1. The van der Waals surface area contributed by atoms with Gasteiger partial charge in [-0.3, -0.25) is 9.69 Å². The molecule has 0 atom stereocenters. The molecule has 4 rings (SSSR count). The highest BCUT2D eigenvalue weighted by molar-refractivity contribution is 7.13. The molecule has 2 aromatic carbocycles. The van der Waals surface area contributed by atoms with Crippen molar-refractivity contribution in [1.29, 1.82) is 0 Å². The van der Waals surface area contributed by atoms with E-state index in [1.807, 2.05) is 36.9 Å². The van der Waals surface area contributed by atoms with Gasteiger partial charge >= 0.3 is 6.03 Å². The Balaban J connectivity index is 1.27. The zero-order valence-electron chi connectivity index (χ0n) is 19.0. The molecular weight excluding hydrogens is 434 g/mol. The van der Waals surface area contributed by atoms with Crippen molar-refractivity contribution in [1.82, 2.24) is 20.1 Å². The van der Waals surface area contributed by atoms with E-state index in [-0.39, 0.29) is 18.0 Å². The van der Waals surface area contributed by atoms with Crippen LogP contribution in [0.4, 0.5) is 10.5 Å². The number of rotatable bonds is 6. The number of nitrogens with zero attached hydrogens (tertiary/aromatic N) is 3. The summed E-state index contributed by atoms with van der Waals surface area (Å²) < 4.78 is 0. The van der Waals surface area contributed by atoms with Gasteiger partial charge in [0.15, 0.2) is 0 Å². The van der Waals surface area contributed by atoms with Crippen LogP contribution in [-0.4, -0.2) is 58.9 Å². The molecule has 0 radical (unpaired) electrons. The number of piperazine rings is 1. The minimum atomic E-state index is -0.254. The smallest absolute Gasteiger partial charge is 0.319 e. The number of hydrogen-bond acceptors (Lipinski definition) is 5. The largest absolute Gasteiger partial charge is 0.336 e. The molecule has 0 unspecified atom stereocenters. The molecule has 7 nitrogen and oxygen atoms in total. The van der Waals surface area contributed by atoms with E-state index in [1.165, 1.54) is 0 Å². The van der Waals surface area contributed by atoms with Gasteiger partial charge in [-0.1, -0.05) is 30.3 Å². The topological polar surface area (TPSA) is 77.6 Å². The molecule has 1 aliphatic rings. The predicted octanol–water partition coefficient (Wildman–Crippen LogP) is 4.30. The molecule has 33 heavy (non-hydrogen) atoms. The van der Waals surface area contributed by atoms with Gasteiger partial charge in [-0.2, -0.15) is 0 Å². The Kier molecular flexibility index (Phi) is 7.36. The van der Waals surface area contributed by atoms with Crippen molar-refractivity contribution >= 4 is 29.0 Å². The van der Waals surface area contributed by atoms with Gasteiger partial charge in [-0.15, -0.1) is 11.3 Å². The average molecular weight is 464 g/mol. The second kappa shape index (κ2) is 10.6. The highest BCUT2D eigenvalue weighted by atomic mass is 32.1. The second-order valence-electron chi connectivity index (χ2n) is 8.41. The summed E-state index contributed by atoms with van der Waals surface area (Å²) in [7, 11) is 0. The maximum absolute atomic E-state index is 12.9. The van der Waals surface area contributed by atoms with Crippen LogP contribution in [0.15, 0.2) is 60.0 Å². The summed E-state index contributed by atoms with van der Waals surface area (Å²) in [6.45, 7) is 7.61. The molecule has 1 fully saturated rings. The molecular formula is C25H29N5O2S. The summed E-state index contributed by atoms with van der Waals surface area (Å²) in [6, 6.07) is 17.1. The van der Waals surface area contributed by atoms with Crippen LogP contribution >= 0.6 is 11.3 Å². The molecule has 2 N–H and O–H groups in total. The molecule has 1 saturated heterocycles. The first-order valence-corrected chi connectivity index (χ1v) is 12.0. The molecule has 2 heterocycles. The molecule has 1 aliphatic heterocycles. The molecule has 1 aromatic heterocycles. The lowest BCUT2D eigenvalue weighted by Gasteiger charge is -2.34. The number of urea groups is 1. The van der Waals surface area contributed by atoms with Crippen LogP contribution in [0.25, 0.3) is 10.6 Å². The van der Waals surface area contributed by atoms with Crippen LogP contribution in [0, 0.1) is 0 Å². The number of carbonyl (C=O) groups excluding carboxylic acids is 2. The molecule has 8 heteroatoms. The lowest BCUT2D eigenvalue weighted by atomic mass is 10.1. The molecule has 0 aliphatic carbocycles. The lowest BCUT2D eigenvalue weighted by Crippen LogP contribution is -2.48. The van der Waals surface area contributed by atoms with Crippen molar-refractivity contribution in [2.24, 2.45) is 0 Å². The van der Waals surface area contributed by atoms with Gasteiger partial charge < -0.3 is 15.5 Å². The van der Waals surface area contributed by atoms with Crippen LogP contribution in [0.2, 0.25) is 0 Å². The number of anilines is 1. The predicted molar refractivity (Wildman–Crippen MR) is 132 cm³/mol. The Labute approximate surface area is 198 Å². The van der Waals surface area contributed by atoms with Crippen molar-refractivity contribution in [3.63, 3.8) is 0 Å². The zero-order valence-corrected chi connectivity index (χ0v) is 19.8. The first kappa shape index (κ1) is 22.9. The summed E-state index contributed by atoms with van der Waals surface area (Å²) >= 11 is 1.67. The van der Waals surface area contributed by atoms with E-state index < -0.39 is 0 Å². The van der Waals surface area contributed by atoms with Crippen LogP contribution in [0.3, 0.4) is 0 Å². The first-order chi connectivity index (χ1) is 16.0. The third-order valence-corrected chi connectivity index (χ3v) is 6.37. The van der Waals surface area contributed by atoms with Gasteiger partial charge in [-0.05, 0) is 38.1 Å². The molecule has 0 bridgehead atoms. The Bertz CT molecular complexity index is 1070. The normalized spacial score (nSPS) is 14.3. The second-order valence-corrected chi connectivity index (χ2v) is 9.27. The molecule has 172 valence electrons. The van der Waals surface area contributed by atoms with Crippen molar-refractivity contribution in [3.8, 4) is 10.6 Å². The van der Waals surface area contributed by atoms with Gasteiger partial charge in [0.05, 0.1) is 5.69 Å². The van der Waals surface area contributed by atoms with E-state index in [2.05, 4.69) is 33.0 Å². The maximum atomic E-state index is 12.9. The minimum absolute atomic E-state index is 0.0212. The highest BCUT2D eigenvalue weighted by Crippen LogP contribution is 2.24. The Morgan fingerprint density at radius 3 is 2.36 bits per heavy atom. The summed E-state index contributed by atoms with van der Waals surface area (Å²) in [6.07, 6.45) is 0. The monoisotopic (exact) mass is 463 g/mol. The van der Waals surface area contributed by atoms with Gasteiger partial charge in [0.2, 0.25) is 0 Å². The molecule has 3 aromatic rings. The van der Waals surface area contributed by atoms with E-state index >= 15 is 0 Å². The van der Waals surface area contributed by atoms with Gasteiger partial charge in [0.25, 0.3) is 5.91 Å². The molecule has 0 spiro atoms. The van der Waals surface area contributed by atoms with Crippen LogP contribution in [-0.2, 0) is 6.54 Å². The third kappa shape index (κ3) is 6.18. The van der Waals surface area contributed by atoms with Crippen molar-refractivity contribution < 1.29 is 9.59 Å². The van der Waals surface area contributed by atoms with E-state index in [0.717, 1.165) is 35.9 Å². The van der Waals surface area contributed by atoms with Gasteiger partial charge in [-0.25, -0.2) is 9.78 Å². The Morgan fingerprint density at radius 2 is 1.70 bits per heavy atom. The Morgan fingerprint density at radius 1 is 1.00 bits per heavy atom. The molecule has 0 saturated carbocycles. The first-order valence-electron chi connectivity index (χ1n) is 11.2. The number of amides is 3. The molecule has 3 amide bonds. The van der Waals surface area contributed by atoms with E-state index in [9.17, 15) is 9.59 Å². The van der Waals surface area contributed by atoms with Crippen LogP contribution in [0.1, 0.15) is 29.9 Å². The van der Waals surface area contributed by atoms with E-state index in [4.69, 9.17) is 4.98 Å². The quantitative estimate of drug-likeness (QED) is 0.572. The minimum Gasteiger partial charge on any atom is -0.336 e. The number of hydrogen-bond donors (Lipinski definition) is 2. The zero-order chi connectivity index (χ0) is 23.2. The summed E-state index contributed by atoms with van der Waals surface area (Å²) in [5.74, 6) is 0.0212. The van der Waals surface area contributed by atoms with Crippen LogP contribution in [0.5, 0.6) is 0 Å². The number of aromatic nitrogens is 1. The van der Waals surface area contributed by atoms with E-state index in [0.29, 0.717) is 24.3 Å². The van der Waals surface area contributed by atoms with Gasteiger partial charge in [0.1, 0.15) is 5.01 Å². The number of thiazole rings is 1. The fourth-order valence-corrected chi connectivity index (χ4v) is 4.56. The van der Waals surface area contributed by atoms with Crippen molar-refractivity contribution in [3.05, 3.63) is 71.2 Å². The van der Waals surface area contributed by atoms with Gasteiger partial charge in [0, 0.05) is 61.0 Å². The lowest BCUT2D eigenvalue weighted by molar-refractivity contribution is 0.0627. The fraction of sp³-hybridized carbons (Fsp3) is 0.320. The average Bonchev–Trinajstić information content (AvgIpc) is 3.28. The van der Waals surface area contributed by atoms with E-state index in [1.54, 1.807) is 35.6 Å². The summed E-state index contributed by atoms with van der Waals surface area (Å²) in [4.78, 5) is 33.7. The van der Waals surface area contributed by atoms with Crippen molar-refractivity contribution in [2.75, 3.05) is 31.5 Å². The third-order valence-electron chi connectivity index (χ3n) is 5.43. The summed E-state index contributed by atoms with van der Waals surface area (Å²) in [5.41, 5.74) is 3.51. The standard InChI is InChI=1S/C25H29N5O2S/c1-18(2)26-25(32)28-21-10-8-20(9-11-21)24(31)30-14-12-29(13-15-30)16-22-17-33-23(27-22)19-6-4-3-5-7-19/h3-11,17-18H,12-16H2,1-2H3,(H2,26,28,32). The number of benzene rings is 2. The summed E-state index contributed by atoms with van der Waals surface area (Å²) in [5, 5.41) is 8.71. The fourth-order valence-electron chi connectivity index (χ4n) is 3.74. The highest BCUT2D eigenvalue weighted by Gasteiger charge is 2.23. The van der Waals surface area contributed by atoms with Crippen molar-refractivity contribution in [2.45, 2.75) is 26.4 Å². The Hall–Kier alpha value is -3.23. The number of carbonyl (C=O) groups is 2.